The molecule has 2 aliphatic heterocycles. The second-order valence-electron chi connectivity index (χ2n) is 4.05. The first kappa shape index (κ1) is 10.3. The number of amides is 1. The molecule has 2 fully saturated rings. The van der Waals surface area contributed by atoms with Crippen LogP contribution in [0.25, 0.3) is 10.4 Å². The van der Waals surface area contributed by atoms with Gasteiger partial charge in [0.25, 0.3) is 0 Å². The first-order valence-corrected chi connectivity index (χ1v) is 5.19. The number of azide groups is 1. The van der Waals surface area contributed by atoms with Gasteiger partial charge >= 0.3 is 0 Å². The fraction of sp³-hybridized carbons (Fsp3) is 0.889. The van der Waals surface area contributed by atoms with Crippen molar-refractivity contribution in [3.63, 3.8) is 0 Å². The fourth-order valence-corrected chi connectivity index (χ4v) is 2.20. The Hall–Kier alpha value is -1.26. The molecule has 0 aromatic rings. The maximum absolute atomic E-state index is 11.7. The van der Waals surface area contributed by atoms with Crippen molar-refractivity contribution in [2.75, 3.05) is 26.3 Å². The Morgan fingerprint density at radius 1 is 1.67 bits per heavy atom. The molecule has 0 aromatic carbocycles. The number of nitrogens with zero attached hydrogens (tertiary/aromatic N) is 4. The predicted molar refractivity (Wildman–Crippen MR) is 53.1 cm³/mol. The summed E-state index contributed by atoms with van der Waals surface area (Å²) in [5, 5.41) is 3.52. The fourth-order valence-electron chi connectivity index (χ4n) is 2.20. The van der Waals surface area contributed by atoms with Crippen LogP contribution in [-0.4, -0.2) is 43.2 Å². The minimum atomic E-state index is 0.170. The first-order chi connectivity index (χ1) is 7.31. The molecule has 15 heavy (non-hydrogen) atoms. The van der Waals surface area contributed by atoms with E-state index in [1.54, 1.807) is 0 Å². The summed E-state index contributed by atoms with van der Waals surface area (Å²) < 4.78 is 5.26. The van der Waals surface area contributed by atoms with Crippen LogP contribution in [0.4, 0.5) is 0 Å². The van der Waals surface area contributed by atoms with Gasteiger partial charge in [0.1, 0.15) is 0 Å². The predicted octanol–water partition coefficient (Wildman–Crippen LogP) is 0.934. The molecule has 2 heterocycles. The van der Waals surface area contributed by atoms with Crippen molar-refractivity contribution in [3.8, 4) is 0 Å². The van der Waals surface area contributed by atoms with E-state index in [1.165, 1.54) is 0 Å². The number of carbonyl (C=O) groups excluding carboxylic acids is 1. The molecule has 6 nitrogen and oxygen atoms in total. The average Bonchev–Trinajstić information content (AvgIpc) is 2.83. The first-order valence-electron chi connectivity index (χ1n) is 5.19. The highest BCUT2D eigenvalue weighted by Gasteiger charge is 2.35. The van der Waals surface area contributed by atoms with Gasteiger partial charge in [0, 0.05) is 31.0 Å². The minimum Gasteiger partial charge on any atom is -0.379 e. The molecule has 82 valence electrons. The summed E-state index contributed by atoms with van der Waals surface area (Å²) in [4.78, 5) is 16.3. The summed E-state index contributed by atoms with van der Waals surface area (Å²) in [6.07, 6.45) is 1.44. The SMILES string of the molecule is [N-]=[N+]=NCC1CC(=O)N([C@@H]2CCOC2)C1. The van der Waals surface area contributed by atoms with Crippen molar-refractivity contribution in [1.82, 2.24) is 4.90 Å². The normalized spacial score (nSPS) is 30.7. The smallest absolute Gasteiger partial charge is 0.223 e. The van der Waals surface area contributed by atoms with Gasteiger partial charge in [0.05, 0.1) is 12.6 Å². The molecule has 2 atom stereocenters. The number of hydrogen-bond acceptors (Lipinski definition) is 3. The quantitative estimate of drug-likeness (QED) is 0.394. The standard InChI is InChI=1S/C9H14N4O2/c10-12-11-4-7-3-9(14)13(5-7)8-1-2-15-6-8/h7-8H,1-6H2/t7?,8-/m1/s1. The maximum atomic E-state index is 11.7. The molecule has 2 aliphatic rings. The van der Waals surface area contributed by atoms with Crippen LogP contribution in [0.5, 0.6) is 0 Å². The van der Waals surface area contributed by atoms with Crippen LogP contribution in [0.15, 0.2) is 5.11 Å². The van der Waals surface area contributed by atoms with E-state index in [1.807, 2.05) is 4.90 Å². The average molecular weight is 210 g/mol. The number of rotatable bonds is 3. The monoisotopic (exact) mass is 210 g/mol. The van der Waals surface area contributed by atoms with Gasteiger partial charge in [-0.3, -0.25) is 4.79 Å². The summed E-state index contributed by atoms with van der Waals surface area (Å²) in [6.45, 7) is 2.54. The van der Waals surface area contributed by atoms with Crippen LogP contribution in [-0.2, 0) is 9.53 Å². The molecule has 1 amide bonds. The summed E-state index contributed by atoms with van der Waals surface area (Å²) >= 11 is 0. The van der Waals surface area contributed by atoms with E-state index in [4.69, 9.17) is 10.3 Å². The van der Waals surface area contributed by atoms with Crippen molar-refractivity contribution in [2.24, 2.45) is 11.0 Å². The molecule has 2 rings (SSSR count). The Labute approximate surface area is 87.8 Å². The Balaban J connectivity index is 1.91. The second-order valence-corrected chi connectivity index (χ2v) is 4.05. The Kier molecular flexibility index (Phi) is 3.08. The maximum Gasteiger partial charge on any atom is 0.223 e. The lowest BCUT2D eigenvalue weighted by Gasteiger charge is -2.22. The van der Waals surface area contributed by atoms with E-state index in [0.29, 0.717) is 26.1 Å². The third-order valence-electron chi connectivity index (χ3n) is 2.99. The molecular weight excluding hydrogens is 196 g/mol. The van der Waals surface area contributed by atoms with Crippen LogP contribution in [0.1, 0.15) is 12.8 Å². The molecule has 2 saturated heterocycles. The van der Waals surface area contributed by atoms with E-state index in [-0.39, 0.29) is 17.9 Å². The van der Waals surface area contributed by atoms with Crippen molar-refractivity contribution in [3.05, 3.63) is 10.4 Å². The summed E-state index contributed by atoms with van der Waals surface area (Å²) in [5.74, 6) is 0.359. The summed E-state index contributed by atoms with van der Waals surface area (Å²) in [6, 6.07) is 0.244. The highest BCUT2D eigenvalue weighted by Crippen LogP contribution is 2.24. The molecule has 0 bridgehead atoms. The zero-order valence-electron chi connectivity index (χ0n) is 8.50. The lowest BCUT2D eigenvalue weighted by atomic mass is 10.1. The number of ether oxygens (including phenoxy) is 1. The topological polar surface area (TPSA) is 78.3 Å². The minimum absolute atomic E-state index is 0.170. The zero-order valence-corrected chi connectivity index (χ0v) is 8.50. The van der Waals surface area contributed by atoms with Crippen LogP contribution in [0.2, 0.25) is 0 Å². The third-order valence-corrected chi connectivity index (χ3v) is 2.99. The van der Waals surface area contributed by atoms with Gasteiger partial charge in [-0.1, -0.05) is 5.11 Å². The number of hydrogen-bond donors (Lipinski definition) is 0. The molecule has 0 aliphatic carbocycles. The van der Waals surface area contributed by atoms with Crippen molar-refractivity contribution in [2.45, 2.75) is 18.9 Å². The zero-order chi connectivity index (χ0) is 10.7. The molecule has 6 heteroatoms. The third kappa shape index (κ3) is 2.22. The molecule has 0 saturated carbocycles. The Morgan fingerprint density at radius 2 is 2.53 bits per heavy atom. The van der Waals surface area contributed by atoms with E-state index in [2.05, 4.69) is 10.0 Å². The van der Waals surface area contributed by atoms with Crippen LogP contribution >= 0.6 is 0 Å². The van der Waals surface area contributed by atoms with Crippen LogP contribution < -0.4 is 0 Å². The van der Waals surface area contributed by atoms with E-state index in [0.717, 1.165) is 13.0 Å². The van der Waals surface area contributed by atoms with Gasteiger partial charge in [-0.15, -0.1) is 0 Å². The second kappa shape index (κ2) is 4.51. The highest BCUT2D eigenvalue weighted by atomic mass is 16.5. The lowest BCUT2D eigenvalue weighted by Crippen LogP contribution is -2.36. The summed E-state index contributed by atoms with van der Waals surface area (Å²) in [5.41, 5.74) is 8.21. The Bertz CT molecular complexity index is 294. The lowest BCUT2D eigenvalue weighted by molar-refractivity contribution is -0.129. The van der Waals surface area contributed by atoms with Gasteiger partial charge in [-0.05, 0) is 17.9 Å². The number of carbonyl (C=O) groups is 1. The molecule has 0 radical (unpaired) electrons. The highest BCUT2D eigenvalue weighted by molar-refractivity contribution is 5.79. The van der Waals surface area contributed by atoms with Gasteiger partial charge < -0.3 is 9.64 Å². The molecule has 1 unspecified atom stereocenters. The van der Waals surface area contributed by atoms with Gasteiger partial charge in [0.2, 0.25) is 5.91 Å². The van der Waals surface area contributed by atoms with E-state index in [9.17, 15) is 4.79 Å². The largest absolute Gasteiger partial charge is 0.379 e. The molecular formula is C9H14N4O2. The van der Waals surface area contributed by atoms with Crippen LogP contribution in [0, 0.1) is 5.92 Å². The van der Waals surface area contributed by atoms with Gasteiger partial charge in [0.15, 0.2) is 0 Å². The molecule has 0 spiro atoms. The van der Waals surface area contributed by atoms with Crippen molar-refractivity contribution < 1.29 is 9.53 Å². The van der Waals surface area contributed by atoms with Crippen molar-refractivity contribution in [1.29, 1.82) is 0 Å². The molecule has 0 N–H and O–H groups in total. The Morgan fingerprint density at radius 3 is 3.20 bits per heavy atom. The van der Waals surface area contributed by atoms with Crippen LogP contribution in [0.3, 0.4) is 0 Å². The molecule has 0 aromatic heterocycles. The van der Waals surface area contributed by atoms with E-state index >= 15 is 0 Å². The summed E-state index contributed by atoms with van der Waals surface area (Å²) in [7, 11) is 0. The number of likely N-dealkylation sites (tertiary alicyclic amines) is 1. The van der Waals surface area contributed by atoms with Gasteiger partial charge in [-0.25, -0.2) is 0 Å². The van der Waals surface area contributed by atoms with E-state index < -0.39 is 0 Å². The van der Waals surface area contributed by atoms with Crippen molar-refractivity contribution >= 4 is 5.91 Å². The van der Waals surface area contributed by atoms with Gasteiger partial charge in [-0.2, -0.15) is 0 Å².